The first kappa shape index (κ1) is 20.5. The van der Waals surface area contributed by atoms with E-state index >= 15 is 0 Å². The fraction of sp³-hybridized carbons (Fsp3) is 0.250. The summed E-state index contributed by atoms with van der Waals surface area (Å²) in [6, 6.07) is 15.4. The monoisotopic (exact) mass is 468 g/mol. The van der Waals surface area contributed by atoms with Gasteiger partial charge in [0.2, 0.25) is 0 Å². The van der Waals surface area contributed by atoms with Gasteiger partial charge >= 0.3 is 0 Å². The molecule has 2 atom stereocenters. The van der Waals surface area contributed by atoms with Crippen molar-refractivity contribution in [2.24, 2.45) is 11.0 Å². The van der Waals surface area contributed by atoms with Crippen molar-refractivity contribution in [1.29, 1.82) is 0 Å². The lowest BCUT2D eigenvalue weighted by Crippen LogP contribution is -2.34. The number of fused-ring (bicyclic) bond motifs is 1. The number of allylic oxidation sites excluding steroid dienone is 1. The van der Waals surface area contributed by atoms with E-state index in [0.717, 1.165) is 29.9 Å². The Bertz CT molecular complexity index is 1120. The molecule has 1 aliphatic heterocycles. The van der Waals surface area contributed by atoms with Gasteiger partial charge in [-0.05, 0) is 65.9 Å². The van der Waals surface area contributed by atoms with E-state index < -0.39 is 0 Å². The number of para-hydroxylation sites is 1. The second-order valence-corrected chi connectivity index (χ2v) is 9.95. The number of halogens is 1. The van der Waals surface area contributed by atoms with Gasteiger partial charge in [-0.25, -0.2) is 5.01 Å². The van der Waals surface area contributed by atoms with Gasteiger partial charge in [-0.15, -0.1) is 22.7 Å². The van der Waals surface area contributed by atoms with Gasteiger partial charge in [0, 0.05) is 15.7 Å². The molecule has 3 aromatic rings. The Balaban J connectivity index is 1.44. The van der Waals surface area contributed by atoms with Crippen molar-refractivity contribution in [3.05, 3.63) is 79.6 Å². The zero-order valence-electron chi connectivity index (χ0n) is 16.7. The third kappa shape index (κ3) is 4.20. The fourth-order valence-corrected chi connectivity index (χ4v) is 6.00. The Morgan fingerprint density at radius 3 is 2.77 bits per heavy atom. The lowest BCUT2D eigenvalue weighted by atomic mass is 9.79. The van der Waals surface area contributed by atoms with E-state index in [1.807, 2.05) is 18.2 Å². The van der Waals surface area contributed by atoms with Gasteiger partial charge in [-0.3, -0.25) is 4.79 Å². The van der Waals surface area contributed by atoms with Crippen LogP contribution in [0.15, 0.2) is 70.0 Å². The molecule has 0 radical (unpaired) electrons. The lowest BCUT2D eigenvalue weighted by Gasteiger charge is -2.28. The number of hydrazone groups is 1. The van der Waals surface area contributed by atoms with E-state index in [0.29, 0.717) is 10.8 Å². The highest BCUT2D eigenvalue weighted by Crippen LogP contribution is 2.45. The van der Waals surface area contributed by atoms with Gasteiger partial charge in [0.15, 0.2) is 6.61 Å². The Morgan fingerprint density at radius 2 is 2.00 bits per heavy atom. The van der Waals surface area contributed by atoms with Crippen LogP contribution in [0.3, 0.4) is 0 Å². The molecule has 2 aromatic heterocycles. The number of nitrogens with zero attached hydrogens (tertiary/aromatic N) is 2. The van der Waals surface area contributed by atoms with Crippen molar-refractivity contribution in [3.8, 4) is 5.75 Å². The first-order valence-corrected chi connectivity index (χ1v) is 12.4. The van der Waals surface area contributed by atoms with Crippen LogP contribution in [-0.2, 0) is 4.79 Å². The normalized spacial score (nSPS) is 21.8. The second-order valence-electron chi connectivity index (χ2n) is 7.59. The summed E-state index contributed by atoms with van der Waals surface area (Å²) in [7, 11) is 0. The maximum Gasteiger partial charge on any atom is 0.281 e. The molecule has 1 amide bonds. The third-order valence-corrected chi connectivity index (χ3v) is 7.71. The summed E-state index contributed by atoms with van der Waals surface area (Å²) in [6.45, 7) is -0.0981. The highest BCUT2D eigenvalue weighted by atomic mass is 35.5. The van der Waals surface area contributed by atoms with E-state index in [1.54, 1.807) is 39.8 Å². The number of amides is 1. The summed E-state index contributed by atoms with van der Waals surface area (Å²) < 4.78 is 5.74. The van der Waals surface area contributed by atoms with E-state index in [2.05, 4.69) is 35.0 Å². The molecule has 0 N–H and O–H groups in total. The minimum atomic E-state index is -0.157. The van der Waals surface area contributed by atoms with Crippen LogP contribution < -0.4 is 4.74 Å². The van der Waals surface area contributed by atoms with Crippen LogP contribution in [0.4, 0.5) is 0 Å². The van der Waals surface area contributed by atoms with Crippen molar-refractivity contribution >= 4 is 52.0 Å². The number of rotatable bonds is 5. The van der Waals surface area contributed by atoms with Crippen LogP contribution in [0.25, 0.3) is 6.08 Å². The largest absolute Gasteiger partial charge is 0.482 e. The SMILES string of the molecule is O=C(COc1ccccc1Cl)N1N=C2C(=Cc3cccs3)CCCC2C1c1cccs1. The third-order valence-electron chi connectivity index (χ3n) is 5.64. The minimum absolute atomic E-state index is 0.0793. The number of carbonyl (C=O) groups excluding carboxylic acids is 1. The molecule has 3 heterocycles. The molecule has 1 aliphatic carbocycles. The molecule has 31 heavy (non-hydrogen) atoms. The predicted molar refractivity (Wildman–Crippen MR) is 128 cm³/mol. The average molecular weight is 469 g/mol. The maximum absolute atomic E-state index is 13.2. The van der Waals surface area contributed by atoms with Gasteiger partial charge in [0.25, 0.3) is 5.91 Å². The fourth-order valence-electron chi connectivity index (χ4n) is 4.26. The first-order chi connectivity index (χ1) is 15.2. The summed E-state index contributed by atoms with van der Waals surface area (Å²) in [5.41, 5.74) is 2.28. The molecular weight excluding hydrogens is 448 g/mol. The Hall–Kier alpha value is -2.41. The quantitative estimate of drug-likeness (QED) is 0.419. The molecule has 1 saturated carbocycles. The summed E-state index contributed by atoms with van der Waals surface area (Å²) in [4.78, 5) is 15.6. The Kier molecular flexibility index (Phi) is 5.94. The predicted octanol–water partition coefficient (Wildman–Crippen LogP) is 6.67. The van der Waals surface area contributed by atoms with Crippen LogP contribution >= 0.6 is 34.3 Å². The molecule has 4 nitrogen and oxygen atoms in total. The summed E-state index contributed by atoms with van der Waals surface area (Å²) in [5, 5.41) is 11.2. The van der Waals surface area contributed by atoms with Crippen molar-refractivity contribution < 1.29 is 9.53 Å². The molecule has 0 saturated heterocycles. The standard InChI is InChI=1S/C24H21ClN2O2S2/c25-19-9-1-2-10-20(19)29-15-22(28)27-24(21-11-5-13-31-21)18-8-3-6-16(23(18)26-27)14-17-7-4-12-30-17/h1-2,4-5,7,9-14,18,24H,3,6,8,15H2. The zero-order valence-corrected chi connectivity index (χ0v) is 19.1. The van der Waals surface area contributed by atoms with Crippen LogP contribution in [0.2, 0.25) is 5.02 Å². The molecule has 1 aromatic carbocycles. The number of hydrogen-bond acceptors (Lipinski definition) is 5. The maximum atomic E-state index is 13.2. The molecule has 7 heteroatoms. The number of ether oxygens (including phenoxy) is 1. The molecule has 5 rings (SSSR count). The molecule has 0 bridgehead atoms. The molecule has 158 valence electrons. The highest BCUT2D eigenvalue weighted by molar-refractivity contribution is 7.11. The number of hydrogen-bond donors (Lipinski definition) is 0. The van der Waals surface area contributed by atoms with Crippen LogP contribution in [0.1, 0.15) is 35.1 Å². The van der Waals surface area contributed by atoms with Gasteiger partial charge in [0.05, 0.1) is 16.8 Å². The van der Waals surface area contributed by atoms with Crippen molar-refractivity contribution in [3.63, 3.8) is 0 Å². The highest BCUT2D eigenvalue weighted by Gasteiger charge is 2.44. The summed E-state index contributed by atoms with van der Waals surface area (Å²) >= 11 is 9.58. The number of carbonyl (C=O) groups is 1. The minimum Gasteiger partial charge on any atom is -0.482 e. The Labute approximate surface area is 194 Å². The van der Waals surface area contributed by atoms with E-state index in [9.17, 15) is 4.79 Å². The molecule has 2 unspecified atom stereocenters. The molecular formula is C24H21ClN2O2S2. The van der Waals surface area contributed by atoms with Crippen molar-refractivity contribution in [1.82, 2.24) is 5.01 Å². The van der Waals surface area contributed by atoms with Gasteiger partial charge in [0.1, 0.15) is 5.75 Å². The molecule has 2 aliphatic rings. The average Bonchev–Trinajstić information content (AvgIpc) is 3.53. The van der Waals surface area contributed by atoms with Crippen molar-refractivity contribution in [2.75, 3.05) is 6.61 Å². The van der Waals surface area contributed by atoms with E-state index in [4.69, 9.17) is 21.4 Å². The van der Waals surface area contributed by atoms with Gasteiger partial charge in [-0.2, -0.15) is 5.10 Å². The summed E-state index contributed by atoms with van der Waals surface area (Å²) in [6.07, 6.45) is 5.34. The smallest absolute Gasteiger partial charge is 0.281 e. The van der Waals surface area contributed by atoms with E-state index in [-0.39, 0.29) is 24.5 Å². The Morgan fingerprint density at radius 1 is 1.16 bits per heavy atom. The number of benzene rings is 1. The van der Waals surface area contributed by atoms with E-state index in [1.165, 1.54) is 10.5 Å². The zero-order chi connectivity index (χ0) is 21.2. The molecule has 1 fully saturated rings. The van der Waals surface area contributed by atoms with Crippen LogP contribution in [-0.4, -0.2) is 23.2 Å². The van der Waals surface area contributed by atoms with Crippen LogP contribution in [0.5, 0.6) is 5.75 Å². The topological polar surface area (TPSA) is 41.9 Å². The number of thiophene rings is 2. The van der Waals surface area contributed by atoms with Gasteiger partial charge < -0.3 is 4.74 Å². The van der Waals surface area contributed by atoms with Crippen molar-refractivity contribution in [2.45, 2.75) is 25.3 Å². The first-order valence-electron chi connectivity index (χ1n) is 10.3. The second kappa shape index (κ2) is 8.99. The van der Waals surface area contributed by atoms with Gasteiger partial charge in [-0.1, -0.05) is 35.9 Å². The molecule has 0 spiro atoms. The summed E-state index contributed by atoms with van der Waals surface area (Å²) in [5.74, 6) is 0.561. The lowest BCUT2D eigenvalue weighted by molar-refractivity contribution is -0.135. The van der Waals surface area contributed by atoms with Crippen LogP contribution in [0, 0.1) is 5.92 Å².